The Balaban J connectivity index is 2.22. The highest BCUT2D eigenvalue weighted by Crippen LogP contribution is 2.50. The molecule has 2 N–H and O–H groups in total. The van der Waals surface area contributed by atoms with Crippen molar-refractivity contribution in [3.8, 4) is 0 Å². The summed E-state index contributed by atoms with van der Waals surface area (Å²) >= 11 is 0. The smallest absolute Gasteiger partial charge is 0.430 e. The minimum atomic E-state index is -5.94. The molecule has 28 heavy (non-hydrogen) atoms. The average Bonchev–Trinajstić information content (AvgIpc) is 2.60. The van der Waals surface area contributed by atoms with Gasteiger partial charge in [-0.3, -0.25) is 0 Å². The van der Waals surface area contributed by atoms with Gasteiger partial charge >= 0.3 is 18.3 Å². The third kappa shape index (κ3) is 4.22. The maximum absolute atomic E-state index is 12.9. The SMILES string of the molecule is CCOC(=O)c1ccc(Nc2ccc(C(O)(C(F)(F)F)C(F)(F)F)cc2)cc1. The molecule has 0 fully saturated rings. The van der Waals surface area contributed by atoms with Crippen LogP contribution in [-0.2, 0) is 10.3 Å². The average molecular weight is 407 g/mol. The summed E-state index contributed by atoms with van der Waals surface area (Å²) in [6, 6.07) is 8.88. The minimum absolute atomic E-state index is 0.180. The number of carbonyl (C=O) groups excluding carboxylic acids is 1. The zero-order valence-corrected chi connectivity index (χ0v) is 14.4. The topological polar surface area (TPSA) is 58.6 Å². The summed E-state index contributed by atoms with van der Waals surface area (Å²) in [5.74, 6) is -0.531. The second-order valence-corrected chi connectivity index (χ2v) is 5.71. The molecule has 0 spiro atoms. The first kappa shape index (κ1) is 21.5. The monoisotopic (exact) mass is 407 g/mol. The van der Waals surface area contributed by atoms with E-state index in [1.54, 1.807) is 6.92 Å². The number of hydrogen-bond donors (Lipinski definition) is 2. The highest BCUT2D eigenvalue weighted by atomic mass is 19.4. The van der Waals surface area contributed by atoms with Gasteiger partial charge in [-0.15, -0.1) is 0 Å². The number of aliphatic hydroxyl groups is 1. The Morgan fingerprint density at radius 1 is 0.893 bits per heavy atom. The second-order valence-electron chi connectivity index (χ2n) is 5.71. The zero-order chi connectivity index (χ0) is 21.2. The van der Waals surface area contributed by atoms with E-state index in [2.05, 4.69) is 5.32 Å². The molecule has 0 saturated heterocycles. The van der Waals surface area contributed by atoms with Crippen molar-refractivity contribution >= 4 is 17.3 Å². The van der Waals surface area contributed by atoms with Crippen molar-refractivity contribution in [1.82, 2.24) is 0 Å². The Bertz CT molecular complexity index is 799. The Hall–Kier alpha value is -2.75. The standard InChI is InChI=1S/C18H15F6NO3/c1-2-28-15(26)11-3-7-13(8-4-11)25-14-9-5-12(6-10-14)16(27,17(19,20)21)18(22,23)24/h3-10,25,27H,2H2,1H3. The van der Waals surface area contributed by atoms with E-state index in [1.807, 2.05) is 0 Å². The fraction of sp³-hybridized carbons (Fsp3) is 0.278. The number of hydrogen-bond acceptors (Lipinski definition) is 4. The first-order chi connectivity index (χ1) is 12.9. The van der Waals surface area contributed by atoms with Gasteiger partial charge in [-0.1, -0.05) is 12.1 Å². The predicted octanol–water partition coefficient (Wildman–Crippen LogP) is 4.92. The van der Waals surface area contributed by atoms with Crippen LogP contribution in [0.4, 0.5) is 37.7 Å². The van der Waals surface area contributed by atoms with E-state index in [1.165, 1.54) is 24.3 Å². The maximum Gasteiger partial charge on any atom is 0.430 e. The number of anilines is 2. The number of alkyl halides is 6. The van der Waals surface area contributed by atoms with Gasteiger partial charge < -0.3 is 15.2 Å². The molecule has 0 aliphatic heterocycles. The molecule has 4 nitrogen and oxygen atoms in total. The molecule has 0 heterocycles. The number of benzene rings is 2. The third-order valence-corrected chi connectivity index (χ3v) is 3.81. The van der Waals surface area contributed by atoms with Crippen molar-refractivity contribution in [1.29, 1.82) is 0 Å². The molecule has 0 bridgehead atoms. The quantitative estimate of drug-likeness (QED) is 0.546. The molecule has 0 aromatic heterocycles. The Labute approximate surface area is 155 Å². The highest BCUT2D eigenvalue weighted by Gasteiger charge is 2.71. The van der Waals surface area contributed by atoms with E-state index < -0.39 is 29.5 Å². The lowest BCUT2D eigenvalue weighted by atomic mass is 9.92. The van der Waals surface area contributed by atoms with Crippen LogP contribution in [0.1, 0.15) is 22.8 Å². The number of carbonyl (C=O) groups is 1. The van der Waals surface area contributed by atoms with Gasteiger partial charge in [0, 0.05) is 16.9 Å². The summed E-state index contributed by atoms with van der Waals surface area (Å²) in [7, 11) is 0. The molecule has 0 aliphatic rings. The summed E-state index contributed by atoms with van der Waals surface area (Å²) in [4.78, 5) is 11.6. The fourth-order valence-corrected chi connectivity index (χ4v) is 2.35. The van der Waals surface area contributed by atoms with Crippen LogP contribution < -0.4 is 5.32 Å². The van der Waals surface area contributed by atoms with Crippen molar-refractivity contribution < 1.29 is 41.0 Å². The maximum atomic E-state index is 12.9. The lowest BCUT2D eigenvalue weighted by molar-refractivity contribution is -0.376. The first-order valence-corrected chi connectivity index (χ1v) is 7.90. The molecule has 2 aromatic rings. The van der Waals surface area contributed by atoms with Crippen molar-refractivity contribution in [3.63, 3.8) is 0 Å². The molecule has 0 aliphatic carbocycles. The van der Waals surface area contributed by atoms with E-state index in [0.29, 0.717) is 17.8 Å². The van der Waals surface area contributed by atoms with Gasteiger partial charge in [0.15, 0.2) is 0 Å². The molecule has 0 amide bonds. The second kappa shape index (κ2) is 7.70. The third-order valence-electron chi connectivity index (χ3n) is 3.81. The van der Waals surface area contributed by atoms with Gasteiger partial charge in [-0.2, -0.15) is 26.3 Å². The number of ether oxygens (including phenoxy) is 1. The van der Waals surface area contributed by atoms with Gasteiger partial charge in [0.2, 0.25) is 0 Å². The Kier molecular flexibility index (Phi) is 5.93. The van der Waals surface area contributed by atoms with Crippen LogP contribution in [0.25, 0.3) is 0 Å². The van der Waals surface area contributed by atoms with Crippen LogP contribution in [-0.4, -0.2) is 30.0 Å². The molecule has 152 valence electrons. The normalized spacial score (nSPS) is 12.6. The van der Waals surface area contributed by atoms with Crippen LogP contribution in [0, 0.1) is 0 Å². The molecule has 2 rings (SSSR count). The van der Waals surface area contributed by atoms with Gasteiger partial charge in [0.05, 0.1) is 12.2 Å². The van der Waals surface area contributed by atoms with Crippen molar-refractivity contribution in [2.75, 3.05) is 11.9 Å². The van der Waals surface area contributed by atoms with Gasteiger partial charge in [0.1, 0.15) is 0 Å². The van der Waals surface area contributed by atoms with E-state index in [9.17, 15) is 36.2 Å². The molecule has 0 atom stereocenters. The zero-order valence-electron chi connectivity index (χ0n) is 14.4. The molecule has 0 saturated carbocycles. The van der Waals surface area contributed by atoms with E-state index in [0.717, 1.165) is 12.1 Å². The van der Waals surface area contributed by atoms with Gasteiger partial charge in [0.25, 0.3) is 5.60 Å². The molecule has 0 unspecified atom stereocenters. The first-order valence-electron chi connectivity index (χ1n) is 7.90. The lowest BCUT2D eigenvalue weighted by Gasteiger charge is -2.32. The summed E-state index contributed by atoms with van der Waals surface area (Å²) in [6.45, 7) is 1.85. The summed E-state index contributed by atoms with van der Waals surface area (Å²) in [6.07, 6.45) is -11.9. The Morgan fingerprint density at radius 2 is 1.32 bits per heavy atom. The van der Waals surface area contributed by atoms with Gasteiger partial charge in [-0.25, -0.2) is 4.79 Å². The van der Waals surface area contributed by atoms with Gasteiger partial charge in [-0.05, 0) is 43.3 Å². The highest BCUT2D eigenvalue weighted by molar-refractivity contribution is 5.89. The van der Waals surface area contributed by atoms with E-state index >= 15 is 0 Å². The predicted molar refractivity (Wildman–Crippen MR) is 88.1 cm³/mol. The van der Waals surface area contributed by atoms with Crippen LogP contribution in [0.2, 0.25) is 0 Å². The summed E-state index contributed by atoms with van der Waals surface area (Å²) in [5.41, 5.74) is -5.43. The molecule has 0 radical (unpaired) electrons. The van der Waals surface area contributed by atoms with Crippen LogP contribution in [0.15, 0.2) is 48.5 Å². The van der Waals surface area contributed by atoms with Crippen molar-refractivity contribution in [2.45, 2.75) is 24.9 Å². The number of halogens is 6. The number of esters is 1. The number of rotatable bonds is 5. The van der Waals surface area contributed by atoms with Crippen LogP contribution >= 0.6 is 0 Å². The van der Waals surface area contributed by atoms with Crippen molar-refractivity contribution in [3.05, 3.63) is 59.7 Å². The molecule has 2 aromatic carbocycles. The Morgan fingerprint density at radius 3 is 1.71 bits per heavy atom. The molecule has 10 heteroatoms. The van der Waals surface area contributed by atoms with Crippen molar-refractivity contribution in [2.24, 2.45) is 0 Å². The summed E-state index contributed by atoms with van der Waals surface area (Å²) in [5, 5.41) is 12.1. The number of nitrogens with one attached hydrogen (secondary N) is 1. The summed E-state index contributed by atoms with van der Waals surface area (Å²) < 4.78 is 82.0. The molecular formula is C18H15F6NO3. The van der Waals surface area contributed by atoms with Crippen LogP contribution in [0.3, 0.4) is 0 Å². The largest absolute Gasteiger partial charge is 0.462 e. The minimum Gasteiger partial charge on any atom is -0.462 e. The lowest BCUT2D eigenvalue weighted by Crippen LogP contribution is -2.53. The van der Waals surface area contributed by atoms with Crippen LogP contribution in [0.5, 0.6) is 0 Å². The fourth-order valence-electron chi connectivity index (χ4n) is 2.35. The molecular weight excluding hydrogens is 392 g/mol. The van der Waals surface area contributed by atoms with E-state index in [4.69, 9.17) is 4.74 Å². The van der Waals surface area contributed by atoms with E-state index in [-0.39, 0.29) is 17.9 Å².